The smallest absolute Gasteiger partial charge is 0.279 e. The minimum atomic E-state index is -0.435. The first-order valence-corrected chi connectivity index (χ1v) is 9.02. The third kappa shape index (κ3) is 2.87. The first-order valence-electron chi connectivity index (χ1n) is 9.02. The highest BCUT2D eigenvalue weighted by Gasteiger charge is 2.18. The molecule has 0 atom stereocenters. The molecule has 2 aromatic heterocycles. The van der Waals surface area contributed by atoms with Crippen LogP contribution in [0.25, 0.3) is 11.3 Å². The Balaban J connectivity index is 1.76. The Kier molecular flexibility index (Phi) is 4.22. The number of hydrogen-bond acceptors (Lipinski definition) is 3. The predicted molar refractivity (Wildman–Crippen MR) is 96.3 cm³/mol. The Labute approximate surface area is 149 Å². The SMILES string of the molecule is Cc1ccc(-n2ccn3c(=O)n(CC4CCCCC4)nc3c2=O)cc1F. The van der Waals surface area contributed by atoms with Crippen LogP contribution in [0.4, 0.5) is 4.39 Å². The van der Waals surface area contributed by atoms with Crippen molar-refractivity contribution in [3.8, 4) is 5.69 Å². The van der Waals surface area contributed by atoms with Crippen LogP contribution < -0.4 is 11.2 Å². The van der Waals surface area contributed by atoms with Crippen molar-refractivity contribution in [2.24, 2.45) is 5.92 Å². The van der Waals surface area contributed by atoms with Crippen molar-refractivity contribution in [1.82, 2.24) is 18.7 Å². The second kappa shape index (κ2) is 6.55. The number of benzene rings is 1. The van der Waals surface area contributed by atoms with E-state index in [0.29, 0.717) is 23.7 Å². The van der Waals surface area contributed by atoms with E-state index in [1.165, 1.54) is 51.4 Å². The third-order valence-electron chi connectivity index (χ3n) is 5.23. The lowest BCUT2D eigenvalue weighted by molar-refractivity contribution is 0.304. The van der Waals surface area contributed by atoms with Crippen LogP contribution in [0.3, 0.4) is 0 Å². The molecule has 136 valence electrons. The van der Waals surface area contributed by atoms with Gasteiger partial charge in [-0.25, -0.2) is 18.3 Å². The lowest BCUT2D eigenvalue weighted by Gasteiger charge is -2.20. The molecule has 1 saturated carbocycles. The van der Waals surface area contributed by atoms with Gasteiger partial charge in [-0.05, 0) is 43.4 Å². The van der Waals surface area contributed by atoms with E-state index in [-0.39, 0.29) is 17.2 Å². The summed E-state index contributed by atoms with van der Waals surface area (Å²) < 4.78 is 17.8. The number of hydrogen-bond donors (Lipinski definition) is 0. The normalized spacial score (nSPS) is 15.6. The van der Waals surface area contributed by atoms with Gasteiger partial charge in [0.15, 0.2) is 0 Å². The molecular formula is C19H21FN4O2. The van der Waals surface area contributed by atoms with Crippen LogP contribution in [0, 0.1) is 18.7 Å². The molecule has 0 amide bonds. The minimum Gasteiger partial charge on any atom is -0.279 e. The quantitative estimate of drug-likeness (QED) is 0.725. The summed E-state index contributed by atoms with van der Waals surface area (Å²) in [7, 11) is 0. The van der Waals surface area contributed by atoms with Crippen molar-refractivity contribution >= 4 is 5.65 Å². The molecule has 0 bridgehead atoms. The second-order valence-electron chi connectivity index (χ2n) is 7.07. The summed E-state index contributed by atoms with van der Waals surface area (Å²) >= 11 is 0. The molecule has 1 aliphatic rings. The van der Waals surface area contributed by atoms with Crippen molar-refractivity contribution in [3.63, 3.8) is 0 Å². The molecule has 1 aliphatic carbocycles. The average Bonchev–Trinajstić information content (AvgIpc) is 2.96. The third-order valence-corrected chi connectivity index (χ3v) is 5.23. The maximum atomic E-state index is 13.8. The zero-order chi connectivity index (χ0) is 18.3. The van der Waals surface area contributed by atoms with Crippen molar-refractivity contribution in [2.45, 2.75) is 45.6 Å². The first kappa shape index (κ1) is 16.8. The molecule has 0 aliphatic heterocycles. The maximum absolute atomic E-state index is 13.8. The highest BCUT2D eigenvalue weighted by molar-refractivity contribution is 5.41. The molecule has 7 heteroatoms. The molecule has 2 heterocycles. The molecule has 6 nitrogen and oxygen atoms in total. The monoisotopic (exact) mass is 356 g/mol. The zero-order valence-electron chi connectivity index (χ0n) is 14.7. The maximum Gasteiger partial charge on any atom is 0.350 e. The van der Waals surface area contributed by atoms with Crippen molar-refractivity contribution in [1.29, 1.82) is 0 Å². The largest absolute Gasteiger partial charge is 0.350 e. The van der Waals surface area contributed by atoms with Crippen molar-refractivity contribution in [3.05, 3.63) is 62.8 Å². The summed E-state index contributed by atoms with van der Waals surface area (Å²) in [5.41, 5.74) is 0.250. The minimum absolute atomic E-state index is 0.0642. The number of aryl methyl sites for hydroxylation is 1. The first-order chi connectivity index (χ1) is 12.5. The van der Waals surface area contributed by atoms with Gasteiger partial charge in [-0.2, -0.15) is 0 Å². The van der Waals surface area contributed by atoms with Gasteiger partial charge in [-0.15, -0.1) is 5.10 Å². The molecule has 1 fully saturated rings. The van der Waals surface area contributed by atoms with Gasteiger partial charge in [0, 0.05) is 18.9 Å². The van der Waals surface area contributed by atoms with Gasteiger partial charge in [-0.1, -0.05) is 25.3 Å². The van der Waals surface area contributed by atoms with E-state index >= 15 is 0 Å². The predicted octanol–water partition coefficient (Wildman–Crippen LogP) is 2.67. The van der Waals surface area contributed by atoms with E-state index in [9.17, 15) is 14.0 Å². The molecule has 1 aromatic carbocycles. The Morgan fingerprint density at radius 3 is 2.65 bits per heavy atom. The Bertz CT molecular complexity index is 1070. The van der Waals surface area contributed by atoms with Gasteiger partial charge in [0.05, 0.1) is 5.69 Å². The average molecular weight is 356 g/mol. The number of fused-ring (bicyclic) bond motifs is 1. The fraction of sp³-hybridized carbons (Fsp3) is 0.421. The van der Waals surface area contributed by atoms with E-state index in [1.54, 1.807) is 19.1 Å². The molecule has 0 unspecified atom stereocenters. The number of rotatable bonds is 3. The Morgan fingerprint density at radius 1 is 1.15 bits per heavy atom. The number of nitrogens with zero attached hydrogens (tertiary/aromatic N) is 4. The van der Waals surface area contributed by atoms with Gasteiger partial charge < -0.3 is 0 Å². The standard InChI is InChI=1S/C19H21FN4O2/c1-13-7-8-15(11-16(13)20)22-9-10-23-17(18(22)25)21-24(19(23)26)12-14-5-3-2-4-6-14/h7-11,14H,2-6,12H2,1H3. The fourth-order valence-corrected chi connectivity index (χ4v) is 3.68. The number of halogens is 1. The van der Waals surface area contributed by atoms with Crippen LogP contribution in [0.15, 0.2) is 40.2 Å². The second-order valence-corrected chi connectivity index (χ2v) is 7.07. The molecule has 26 heavy (non-hydrogen) atoms. The van der Waals surface area contributed by atoms with Gasteiger partial charge >= 0.3 is 11.2 Å². The molecule has 0 radical (unpaired) electrons. The molecule has 4 rings (SSSR count). The Hall–Kier alpha value is -2.70. The summed E-state index contributed by atoms with van der Waals surface area (Å²) in [4.78, 5) is 25.3. The topological polar surface area (TPSA) is 61.3 Å². The molecule has 0 saturated heterocycles. The van der Waals surface area contributed by atoms with E-state index in [0.717, 1.165) is 12.8 Å². The highest BCUT2D eigenvalue weighted by Crippen LogP contribution is 2.24. The highest BCUT2D eigenvalue weighted by atomic mass is 19.1. The van der Waals surface area contributed by atoms with Crippen LogP contribution >= 0.6 is 0 Å². The van der Waals surface area contributed by atoms with E-state index < -0.39 is 5.56 Å². The van der Waals surface area contributed by atoms with Crippen LogP contribution in [-0.4, -0.2) is 18.7 Å². The van der Waals surface area contributed by atoms with Crippen LogP contribution in [-0.2, 0) is 6.54 Å². The number of aromatic nitrogens is 4. The zero-order valence-corrected chi connectivity index (χ0v) is 14.7. The molecule has 0 spiro atoms. The lowest BCUT2D eigenvalue weighted by Crippen LogP contribution is -2.26. The van der Waals surface area contributed by atoms with E-state index in [2.05, 4.69) is 5.10 Å². The summed E-state index contributed by atoms with van der Waals surface area (Å²) in [6, 6.07) is 4.60. The molecule has 0 N–H and O–H groups in total. The molecule has 3 aromatic rings. The summed E-state index contributed by atoms with van der Waals surface area (Å²) in [5.74, 6) is 0.0503. The van der Waals surface area contributed by atoms with Gasteiger partial charge in [0.25, 0.3) is 0 Å². The summed E-state index contributed by atoms with van der Waals surface area (Å²) in [6.45, 7) is 2.21. The van der Waals surface area contributed by atoms with Crippen LogP contribution in [0.5, 0.6) is 0 Å². The van der Waals surface area contributed by atoms with Crippen molar-refractivity contribution in [2.75, 3.05) is 0 Å². The molecular weight excluding hydrogens is 335 g/mol. The van der Waals surface area contributed by atoms with Gasteiger partial charge in [0.1, 0.15) is 5.82 Å². The van der Waals surface area contributed by atoms with Gasteiger partial charge in [0.2, 0.25) is 5.65 Å². The van der Waals surface area contributed by atoms with E-state index in [1.807, 2.05) is 0 Å². The van der Waals surface area contributed by atoms with E-state index in [4.69, 9.17) is 0 Å². The Morgan fingerprint density at radius 2 is 1.92 bits per heavy atom. The summed E-state index contributed by atoms with van der Waals surface area (Å²) in [6.07, 6.45) is 8.78. The van der Waals surface area contributed by atoms with Crippen LogP contribution in [0.1, 0.15) is 37.7 Å². The fourth-order valence-electron chi connectivity index (χ4n) is 3.68. The van der Waals surface area contributed by atoms with Gasteiger partial charge in [-0.3, -0.25) is 9.36 Å². The van der Waals surface area contributed by atoms with Crippen molar-refractivity contribution < 1.29 is 4.39 Å². The lowest BCUT2D eigenvalue weighted by atomic mass is 9.89. The summed E-state index contributed by atoms with van der Waals surface area (Å²) in [5, 5.41) is 4.27. The van der Waals surface area contributed by atoms with Crippen LogP contribution in [0.2, 0.25) is 0 Å².